The number of hydrogen-bond acceptors (Lipinski definition) is 3. The molecule has 0 spiro atoms. The fourth-order valence-electron chi connectivity index (χ4n) is 1.91. The Morgan fingerprint density at radius 2 is 1.72 bits per heavy atom. The molecule has 94 valence electrons. The van der Waals surface area contributed by atoms with Gasteiger partial charge in [0, 0.05) is 37.8 Å². The van der Waals surface area contributed by atoms with Crippen molar-refractivity contribution in [3.63, 3.8) is 0 Å². The predicted molar refractivity (Wildman–Crippen MR) is 73.4 cm³/mol. The normalized spacial score (nSPS) is 10.3. The van der Waals surface area contributed by atoms with Crippen molar-refractivity contribution in [1.29, 1.82) is 0 Å². The number of aromatic nitrogens is 1. The minimum Gasteiger partial charge on any atom is -0.396 e. The molecule has 0 unspecified atom stereocenters. The minimum atomic E-state index is 0.222. The third kappa shape index (κ3) is 3.57. The summed E-state index contributed by atoms with van der Waals surface area (Å²) in [4.78, 5) is 6.30. The van der Waals surface area contributed by atoms with E-state index in [0.29, 0.717) is 0 Å². The summed E-state index contributed by atoms with van der Waals surface area (Å²) in [6, 6.07) is 14.3. The lowest BCUT2D eigenvalue weighted by Crippen LogP contribution is -2.24. The van der Waals surface area contributed by atoms with E-state index in [-0.39, 0.29) is 6.61 Å². The Balaban J connectivity index is 2.10. The van der Waals surface area contributed by atoms with E-state index in [1.54, 1.807) is 0 Å². The van der Waals surface area contributed by atoms with Gasteiger partial charge in [-0.2, -0.15) is 0 Å². The first-order valence-corrected chi connectivity index (χ1v) is 6.20. The van der Waals surface area contributed by atoms with Crippen LogP contribution in [0.25, 0.3) is 0 Å². The van der Waals surface area contributed by atoms with Crippen LogP contribution in [0.4, 0.5) is 5.69 Å². The zero-order valence-corrected chi connectivity index (χ0v) is 10.4. The highest BCUT2D eigenvalue weighted by molar-refractivity contribution is 5.46. The van der Waals surface area contributed by atoms with Crippen molar-refractivity contribution in [2.75, 3.05) is 18.1 Å². The van der Waals surface area contributed by atoms with Crippen LogP contribution in [0.1, 0.15) is 12.0 Å². The lowest BCUT2D eigenvalue weighted by Gasteiger charge is -2.24. The second-order valence-corrected chi connectivity index (χ2v) is 4.19. The first-order valence-electron chi connectivity index (χ1n) is 6.20. The van der Waals surface area contributed by atoms with Crippen LogP contribution in [0, 0.1) is 0 Å². The van der Waals surface area contributed by atoms with Gasteiger partial charge in [0.2, 0.25) is 0 Å². The number of aliphatic hydroxyl groups excluding tert-OH is 1. The number of hydrogen-bond donors (Lipinski definition) is 1. The molecule has 2 aromatic rings. The molecule has 0 aliphatic rings. The van der Waals surface area contributed by atoms with Crippen LogP contribution in [0.5, 0.6) is 0 Å². The summed E-state index contributed by atoms with van der Waals surface area (Å²) >= 11 is 0. The van der Waals surface area contributed by atoms with Crippen LogP contribution in [0.2, 0.25) is 0 Å². The minimum absolute atomic E-state index is 0.222. The van der Waals surface area contributed by atoms with Gasteiger partial charge in [0.15, 0.2) is 0 Å². The van der Waals surface area contributed by atoms with Gasteiger partial charge in [-0.25, -0.2) is 0 Å². The SMILES string of the molecule is OCCCN(Cc1ccncc1)c1ccccc1. The summed E-state index contributed by atoms with van der Waals surface area (Å²) in [5.74, 6) is 0. The van der Waals surface area contributed by atoms with Crippen molar-refractivity contribution in [3.05, 3.63) is 60.4 Å². The largest absolute Gasteiger partial charge is 0.396 e. The monoisotopic (exact) mass is 242 g/mol. The number of para-hydroxylation sites is 1. The van der Waals surface area contributed by atoms with Gasteiger partial charge in [0.1, 0.15) is 0 Å². The molecule has 0 radical (unpaired) electrons. The van der Waals surface area contributed by atoms with Gasteiger partial charge in [0.25, 0.3) is 0 Å². The Morgan fingerprint density at radius 1 is 1.00 bits per heavy atom. The van der Waals surface area contributed by atoms with Crippen LogP contribution >= 0.6 is 0 Å². The molecule has 0 amide bonds. The number of rotatable bonds is 6. The molecule has 0 bridgehead atoms. The molecule has 1 heterocycles. The van der Waals surface area contributed by atoms with E-state index in [4.69, 9.17) is 5.11 Å². The number of anilines is 1. The highest BCUT2D eigenvalue weighted by atomic mass is 16.3. The molecule has 0 aliphatic heterocycles. The van der Waals surface area contributed by atoms with E-state index in [2.05, 4.69) is 22.0 Å². The lowest BCUT2D eigenvalue weighted by atomic mass is 10.2. The molecule has 0 fully saturated rings. The summed E-state index contributed by atoms with van der Waals surface area (Å²) in [6.07, 6.45) is 4.40. The average molecular weight is 242 g/mol. The van der Waals surface area contributed by atoms with Crippen LogP contribution in [-0.2, 0) is 6.54 Å². The Kier molecular flexibility index (Phi) is 4.73. The van der Waals surface area contributed by atoms with Crippen LogP contribution in [0.3, 0.4) is 0 Å². The number of nitrogens with zero attached hydrogens (tertiary/aromatic N) is 2. The van der Waals surface area contributed by atoms with Gasteiger partial charge in [-0.3, -0.25) is 4.98 Å². The van der Waals surface area contributed by atoms with Crippen LogP contribution < -0.4 is 4.90 Å². The van der Waals surface area contributed by atoms with Crippen molar-refractivity contribution in [3.8, 4) is 0 Å². The summed E-state index contributed by atoms with van der Waals surface area (Å²) in [5, 5.41) is 8.99. The van der Waals surface area contributed by atoms with Gasteiger partial charge < -0.3 is 10.0 Å². The maximum Gasteiger partial charge on any atom is 0.0447 e. The highest BCUT2D eigenvalue weighted by Crippen LogP contribution is 2.16. The van der Waals surface area contributed by atoms with Gasteiger partial charge in [-0.1, -0.05) is 18.2 Å². The zero-order valence-electron chi connectivity index (χ0n) is 10.4. The molecule has 1 aromatic heterocycles. The molecule has 3 nitrogen and oxygen atoms in total. The molecular formula is C15H18N2O. The molecule has 3 heteroatoms. The summed E-state index contributed by atoms with van der Waals surface area (Å²) in [7, 11) is 0. The second kappa shape index (κ2) is 6.77. The fraction of sp³-hybridized carbons (Fsp3) is 0.267. The van der Waals surface area contributed by atoms with Crippen LogP contribution in [-0.4, -0.2) is 23.2 Å². The Morgan fingerprint density at radius 3 is 2.39 bits per heavy atom. The van der Waals surface area contributed by atoms with Gasteiger partial charge in [-0.15, -0.1) is 0 Å². The quantitative estimate of drug-likeness (QED) is 0.845. The van der Waals surface area contributed by atoms with Gasteiger partial charge >= 0.3 is 0 Å². The van der Waals surface area contributed by atoms with E-state index in [1.807, 2.05) is 42.7 Å². The second-order valence-electron chi connectivity index (χ2n) is 4.19. The Hall–Kier alpha value is -1.87. The van der Waals surface area contributed by atoms with E-state index in [0.717, 1.165) is 19.5 Å². The van der Waals surface area contributed by atoms with Crippen molar-refractivity contribution >= 4 is 5.69 Å². The molecule has 0 atom stereocenters. The summed E-state index contributed by atoms with van der Waals surface area (Å²) in [5.41, 5.74) is 2.41. The lowest BCUT2D eigenvalue weighted by molar-refractivity contribution is 0.289. The zero-order chi connectivity index (χ0) is 12.6. The highest BCUT2D eigenvalue weighted by Gasteiger charge is 2.06. The third-order valence-electron chi connectivity index (χ3n) is 2.83. The van der Waals surface area contributed by atoms with Crippen molar-refractivity contribution in [1.82, 2.24) is 4.98 Å². The van der Waals surface area contributed by atoms with Crippen molar-refractivity contribution in [2.24, 2.45) is 0 Å². The summed E-state index contributed by atoms with van der Waals surface area (Å²) < 4.78 is 0. The van der Waals surface area contributed by atoms with Crippen LogP contribution in [0.15, 0.2) is 54.9 Å². The maximum absolute atomic E-state index is 8.99. The van der Waals surface area contributed by atoms with Crippen molar-refractivity contribution < 1.29 is 5.11 Å². The number of benzene rings is 1. The van der Waals surface area contributed by atoms with E-state index in [9.17, 15) is 0 Å². The number of pyridine rings is 1. The maximum atomic E-state index is 8.99. The molecule has 2 rings (SSSR count). The first kappa shape index (κ1) is 12.6. The van der Waals surface area contributed by atoms with Crippen molar-refractivity contribution in [2.45, 2.75) is 13.0 Å². The molecule has 0 saturated carbocycles. The molecule has 0 saturated heterocycles. The van der Waals surface area contributed by atoms with Gasteiger partial charge in [0.05, 0.1) is 0 Å². The fourth-order valence-corrected chi connectivity index (χ4v) is 1.91. The molecule has 18 heavy (non-hydrogen) atoms. The smallest absolute Gasteiger partial charge is 0.0447 e. The Labute approximate surface area is 108 Å². The molecule has 0 aliphatic carbocycles. The van der Waals surface area contributed by atoms with E-state index in [1.165, 1.54) is 11.3 Å². The average Bonchev–Trinajstić information content (AvgIpc) is 2.45. The Bertz CT molecular complexity index is 445. The van der Waals surface area contributed by atoms with E-state index >= 15 is 0 Å². The summed E-state index contributed by atoms with van der Waals surface area (Å²) in [6.45, 7) is 1.91. The van der Waals surface area contributed by atoms with E-state index < -0.39 is 0 Å². The third-order valence-corrected chi connectivity index (χ3v) is 2.83. The van der Waals surface area contributed by atoms with Gasteiger partial charge in [-0.05, 0) is 36.2 Å². The predicted octanol–water partition coefficient (Wildman–Crippen LogP) is 2.47. The molecular weight excluding hydrogens is 224 g/mol. The molecule has 1 N–H and O–H groups in total. The number of aliphatic hydroxyl groups is 1. The topological polar surface area (TPSA) is 36.4 Å². The molecule has 1 aromatic carbocycles. The standard InChI is InChI=1S/C15H18N2O/c18-12-4-11-17(15-5-2-1-3-6-15)13-14-7-9-16-10-8-14/h1-3,5-10,18H,4,11-13H2. The first-order chi connectivity index (χ1) is 8.90.